The topological polar surface area (TPSA) is 47.0 Å². The Morgan fingerprint density at radius 2 is 2.26 bits per heavy atom. The highest BCUT2D eigenvalue weighted by molar-refractivity contribution is 6.32. The molecule has 0 amide bonds. The van der Waals surface area contributed by atoms with E-state index >= 15 is 0 Å². The average molecular weight is 276 g/mol. The van der Waals surface area contributed by atoms with Crippen LogP contribution in [0.3, 0.4) is 0 Å². The SMILES string of the molecule is Clc1cccc2c1OCCCC2Nc1cnccn1. The van der Waals surface area contributed by atoms with E-state index < -0.39 is 0 Å². The number of hydrogen-bond acceptors (Lipinski definition) is 4. The van der Waals surface area contributed by atoms with Crippen LogP contribution in [0, 0.1) is 0 Å². The van der Waals surface area contributed by atoms with Crippen molar-refractivity contribution in [3.63, 3.8) is 0 Å². The second kappa shape index (κ2) is 5.45. The zero-order valence-electron chi connectivity index (χ0n) is 10.3. The summed E-state index contributed by atoms with van der Waals surface area (Å²) in [5, 5.41) is 4.05. The van der Waals surface area contributed by atoms with Crippen molar-refractivity contribution < 1.29 is 4.74 Å². The quantitative estimate of drug-likeness (QED) is 0.912. The van der Waals surface area contributed by atoms with Gasteiger partial charge in [0.25, 0.3) is 0 Å². The van der Waals surface area contributed by atoms with E-state index in [-0.39, 0.29) is 6.04 Å². The number of aromatic nitrogens is 2. The first-order valence-electron chi connectivity index (χ1n) is 6.28. The van der Waals surface area contributed by atoms with Crippen LogP contribution in [0.1, 0.15) is 24.4 Å². The first-order valence-corrected chi connectivity index (χ1v) is 6.66. The Kier molecular flexibility index (Phi) is 3.51. The molecule has 1 N–H and O–H groups in total. The number of ether oxygens (including phenoxy) is 1. The molecule has 0 fully saturated rings. The molecule has 98 valence electrons. The first kappa shape index (κ1) is 12.2. The number of halogens is 1. The predicted octanol–water partition coefficient (Wildman–Crippen LogP) is 3.46. The van der Waals surface area contributed by atoms with Gasteiger partial charge in [-0.25, -0.2) is 4.98 Å². The van der Waals surface area contributed by atoms with Crippen molar-refractivity contribution in [3.8, 4) is 5.75 Å². The van der Waals surface area contributed by atoms with Gasteiger partial charge in [-0.2, -0.15) is 0 Å². The third-order valence-electron chi connectivity index (χ3n) is 3.14. The molecule has 19 heavy (non-hydrogen) atoms. The summed E-state index contributed by atoms with van der Waals surface area (Å²) < 4.78 is 5.74. The highest BCUT2D eigenvalue weighted by atomic mass is 35.5. The van der Waals surface area contributed by atoms with Gasteiger partial charge in [-0.15, -0.1) is 0 Å². The molecule has 0 bridgehead atoms. The fraction of sp³-hybridized carbons (Fsp3) is 0.286. The minimum atomic E-state index is 0.146. The van der Waals surface area contributed by atoms with E-state index in [0.29, 0.717) is 11.6 Å². The van der Waals surface area contributed by atoms with Gasteiger partial charge in [0.05, 0.1) is 23.9 Å². The highest BCUT2D eigenvalue weighted by Gasteiger charge is 2.21. The van der Waals surface area contributed by atoms with Gasteiger partial charge in [-0.3, -0.25) is 4.98 Å². The van der Waals surface area contributed by atoms with Crippen molar-refractivity contribution in [2.24, 2.45) is 0 Å². The summed E-state index contributed by atoms with van der Waals surface area (Å²) in [6, 6.07) is 5.99. The van der Waals surface area contributed by atoms with Crippen LogP contribution in [0.5, 0.6) is 5.75 Å². The standard InChI is InChI=1S/C14H14ClN3O/c15-11-4-1-3-10-12(5-2-8-19-14(10)11)18-13-9-16-6-7-17-13/h1,3-4,6-7,9,12H,2,5,8H2,(H,17,18). The minimum Gasteiger partial charge on any atom is -0.492 e. The molecule has 2 aromatic rings. The second-order valence-corrected chi connectivity index (χ2v) is 4.84. The monoisotopic (exact) mass is 275 g/mol. The molecule has 1 atom stereocenters. The first-order chi connectivity index (χ1) is 9.34. The molecule has 0 radical (unpaired) electrons. The van der Waals surface area contributed by atoms with Crippen LogP contribution in [-0.4, -0.2) is 16.6 Å². The number of benzene rings is 1. The molecule has 1 aromatic heterocycles. The minimum absolute atomic E-state index is 0.146. The molecule has 3 rings (SSSR count). The summed E-state index contributed by atoms with van der Waals surface area (Å²) in [5.74, 6) is 1.54. The molecular formula is C14H14ClN3O. The molecule has 0 saturated heterocycles. The van der Waals surface area contributed by atoms with Crippen molar-refractivity contribution in [2.75, 3.05) is 11.9 Å². The van der Waals surface area contributed by atoms with Gasteiger partial charge in [-0.05, 0) is 18.9 Å². The van der Waals surface area contributed by atoms with E-state index in [1.165, 1.54) is 0 Å². The second-order valence-electron chi connectivity index (χ2n) is 4.44. The third-order valence-corrected chi connectivity index (χ3v) is 3.44. The van der Waals surface area contributed by atoms with Crippen LogP contribution in [0.15, 0.2) is 36.8 Å². The lowest BCUT2D eigenvalue weighted by Crippen LogP contribution is -2.11. The molecule has 1 aromatic carbocycles. The molecule has 5 heteroatoms. The zero-order chi connectivity index (χ0) is 13.1. The number of hydrogen-bond donors (Lipinski definition) is 1. The Bertz CT molecular complexity index is 562. The lowest BCUT2D eigenvalue weighted by atomic mass is 10.0. The summed E-state index contributed by atoms with van der Waals surface area (Å²) in [4.78, 5) is 8.32. The lowest BCUT2D eigenvalue weighted by Gasteiger charge is -2.19. The summed E-state index contributed by atoms with van der Waals surface area (Å²) >= 11 is 6.20. The van der Waals surface area contributed by atoms with E-state index in [1.54, 1.807) is 18.6 Å². The number of fused-ring (bicyclic) bond motifs is 1. The van der Waals surface area contributed by atoms with Gasteiger partial charge < -0.3 is 10.1 Å². The summed E-state index contributed by atoms with van der Waals surface area (Å²) in [6.07, 6.45) is 7.00. The van der Waals surface area contributed by atoms with Crippen molar-refractivity contribution in [1.29, 1.82) is 0 Å². The van der Waals surface area contributed by atoms with Crippen LogP contribution in [0.25, 0.3) is 0 Å². The molecule has 1 unspecified atom stereocenters. The Balaban J connectivity index is 1.92. The molecule has 0 saturated carbocycles. The van der Waals surface area contributed by atoms with Crippen LogP contribution in [-0.2, 0) is 0 Å². The Labute approximate surface area is 116 Å². The van der Waals surface area contributed by atoms with Crippen molar-refractivity contribution in [2.45, 2.75) is 18.9 Å². The third kappa shape index (κ3) is 2.63. The Hall–Kier alpha value is -1.81. The summed E-state index contributed by atoms with van der Waals surface area (Å²) in [6.45, 7) is 0.690. The molecule has 4 nitrogen and oxygen atoms in total. The van der Waals surface area contributed by atoms with E-state index in [1.807, 2.05) is 18.2 Å². The van der Waals surface area contributed by atoms with Gasteiger partial charge >= 0.3 is 0 Å². The van der Waals surface area contributed by atoms with Crippen molar-refractivity contribution >= 4 is 17.4 Å². The molecular weight excluding hydrogens is 262 g/mol. The molecule has 0 aliphatic carbocycles. The van der Waals surface area contributed by atoms with E-state index in [2.05, 4.69) is 15.3 Å². The summed E-state index contributed by atoms with van der Waals surface area (Å²) in [7, 11) is 0. The predicted molar refractivity (Wildman–Crippen MR) is 74.6 cm³/mol. The molecule has 2 heterocycles. The Morgan fingerprint density at radius 1 is 1.32 bits per heavy atom. The fourth-order valence-corrected chi connectivity index (χ4v) is 2.51. The number of nitrogens with zero attached hydrogens (tertiary/aromatic N) is 2. The van der Waals surface area contributed by atoms with Crippen molar-refractivity contribution in [1.82, 2.24) is 9.97 Å². The van der Waals surface area contributed by atoms with Crippen LogP contribution in [0.4, 0.5) is 5.82 Å². The van der Waals surface area contributed by atoms with E-state index in [0.717, 1.165) is 30.0 Å². The molecule has 1 aliphatic rings. The van der Waals surface area contributed by atoms with E-state index in [4.69, 9.17) is 16.3 Å². The number of anilines is 1. The number of nitrogens with one attached hydrogen (secondary N) is 1. The Morgan fingerprint density at radius 3 is 3.11 bits per heavy atom. The van der Waals surface area contributed by atoms with Crippen LogP contribution in [0.2, 0.25) is 5.02 Å². The normalized spacial score (nSPS) is 18.1. The maximum atomic E-state index is 6.20. The number of rotatable bonds is 2. The van der Waals surface area contributed by atoms with Crippen LogP contribution >= 0.6 is 11.6 Å². The highest BCUT2D eigenvalue weighted by Crippen LogP contribution is 2.38. The molecule has 0 spiro atoms. The van der Waals surface area contributed by atoms with Gasteiger partial charge in [0.1, 0.15) is 11.6 Å². The fourth-order valence-electron chi connectivity index (χ4n) is 2.27. The maximum absolute atomic E-state index is 6.20. The zero-order valence-corrected chi connectivity index (χ0v) is 11.1. The van der Waals surface area contributed by atoms with Crippen LogP contribution < -0.4 is 10.1 Å². The van der Waals surface area contributed by atoms with Gasteiger partial charge in [0.15, 0.2) is 0 Å². The van der Waals surface area contributed by atoms with Crippen molar-refractivity contribution in [3.05, 3.63) is 47.4 Å². The average Bonchev–Trinajstić information content (AvgIpc) is 2.64. The number of para-hydroxylation sites is 1. The van der Waals surface area contributed by atoms with Gasteiger partial charge in [0, 0.05) is 18.0 Å². The van der Waals surface area contributed by atoms with Gasteiger partial charge in [-0.1, -0.05) is 23.7 Å². The van der Waals surface area contributed by atoms with E-state index in [9.17, 15) is 0 Å². The smallest absolute Gasteiger partial charge is 0.144 e. The maximum Gasteiger partial charge on any atom is 0.144 e. The summed E-state index contributed by atoms with van der Waals surface area (Å²) in [5.41, 5.74) is 1.08. The van der Waals surface area contributed by atoms with Gasteiger partial charge in [0.2, 0.25) is 0 Å². The molecule has 1 aliphatic heterocycles. The lowest BCUT2D eigenvalue weighted by molar-refractivity contribution is 0.316. The largest absolute Gasteiger partial charge is 0.492 e.